The van der Waals surface area contributed by atoms with E-state index in [0.29, 0.717) is 5.69 Å². The lowest BCUT2D eigenvalue weighted by molar-refractivity contribution is 0.393. The average Bonchev–Trinajstić information content (AvgIpc) is 2.39. The van der Waals surface area contributed by atoms with Gasteiger partial charge in [-0.05, 0) is 18.8 Å². The predicted molar refractivity (Wildman–Crippen MR) is 68.3 cm³/mol. The van der Waals surface area contributed by atoms with E-state index in [1.807, 2.05) is 0 Å². The second-order valence-corrected chi connectivity index (χ2v) is 4.51. The van der Waals surface area contributed by atoms with Gasteiger partial charge in [0.2, 0.25) is 0 Å². The van der Waals surface area contributed by atoms with E-state index in [4.69, 9.17) is 11.1 Å². The third-order valence-corrected chi connectivity index (χ3v) is 3.43. The van der Waals surface area contributed by atoms with Crippen LogP contribution in [-0.2, 0) is 0 Å². The zero-order chi connectivity index (χ0) is 12.3. The van der Waals surface area contributed by atoms with E-state index in [0.717, 1.165) is 24.8 Å². The molecular formula is C12H19N5. The largest absolute Gasteiger partial charge is 0.382 e. The number of nitrogens with two attached hydrogens (primary N) is 1. The van der Waals surface area contributed by atoms with Gasteiger partial charge in [-0.25, -0.2) is 9.97 Å². The first-order chi connectivity index (χ1) is 8.20. The Balaban J connectivity index is 2.01. The Hall–Kier alpha value is -1.65. The van der Waals surface area contributed by atoms with Crippen molar-refractivity contribution in [2.75, 3.05) is 18.0 Å². The van der Waals surface area contributed by atoms with Crippen molar-refractivity contribution in [3.8, 4) is 0 Å². The van der Waals surface area contributed by atoms with Crippen LogP contribution < -0.4 is 10.6 Å². The van der Waals surface area contributed by atoms with Gasteiger partial charge in [0.1, 0.15) is 17.3 Å². The Morgan fingerprint density at radius 1 is 1.41 bits per heavy atom. The topological polar surface area (TPSA) is 78.9 Å². The lowest BCUT2D eigenvalue weighted by Crippen LogP contribution is -2.34. The zero-order valence-corrected chi connectivity index (χ0v) is 10.2. The SMILES string of the molecule is CCC1CCN(c2cnc(C(=N)N)cn2)CC1. The summed E-state index contributed by atoms with van der Waals surface area (Å²) in [7, 11) is 0. The number of rotatable bonds is 3. The molecule has 0 spiro atoms. The molecule has 1 aromatic heterocycles. The van der Waals surface area contributed by atoms with E-state index in [1.54, 1.807) is 12.4 Å². The molecule has 0 radical (unpaired) electrons. The second-order valence-electron chi connectivity index (χ2n) is 4.51. The van der Waals surface area contributed by atoms with Gasteiger partial charge in [0.15, 0.2) is 0 Å². The molecule has 1 fully saturated rings. The van der Waals surface area contributed by atoms with Crippen LogP contribution in [0.4, 0.5) is 5.82 Å². The summed E-state index contributed by atoms with van der Waals surface area (Å²) in [4.78, 5) is 10.7. The molecule has 17 heavy (non-hydrogen) atoms. The van der Waals surface area contributed by atoms with E-state index in [-0.39, 0.29) is 5.84 Å². The summed E-state index contributed by atoms with van der Waals surface area (Å²) in [6, 6.07) is 0. The maximum Gasteiger partial charge on any atom is 0.147 e. The number of aromatic nitrogens is 2. The fourth-order valence-corrected chi connectivity index (χ4v) is 2.19. The van der Waals surface area contributed by atoms with Crippen LogP contribution in [0.15, 0.2) is 12.4 Å². The summed E-state index contributed by atoms with van der Waals surface area (Å²) < 4.78 is 0. The molecule has 5 heteroatoms. The van der Waals surface area contributed by atoms with E-state index >= 15 is 0 Å². The Bertz CT molecular complexity index is 378. The van der Waals surface area contributed by atoms with Gasteiger partial charge in [0.05, 0.1) is 12.4 Å². The first-order valence-corrected chi connectivity index (χ1v) is 6.12. The summed E-state index contributed by atoms with van der Waals surface area (Å²) in [6.45, 7) is 4.35. The molecule has 0 aliphatic carbocycles. The number of anilines is 1. The smallest absolute Gasteiger partial charge is 0.147 e. The van der Waals surface area contributed by atoms with Gasteiger partial charge >= 0.3 is 0 Å². The molecule has 0 aromatic carbocycles. The van der Waals surface area contributed by atoms with Crippen molar-refractivity contribution in [1.29, 1.82) is 5.41 Å². The quantitative estimate of drug-likeness (QED) is 0.610. The molecule has 1 saturated heterocycles. The van der Waals surface area contributed by atoms with Crippen LogP contribution >= 0.6 is 0 Å². The first kappa shape index (κ1) is 11.8. The zero-order valence-electron chi connectivity index (χ0n) is 10.2. The number of hydrogen-bond donors (Lipinski definition) is 2. The highest BCUT2D eigenvalue weighted by atomic mass is 15.2. The van der Waals surface area contributed by atoms with Crippen molar-refractivity contribution >= 4 is 11.7 Å². The fourth-order valence-electron chi connectivity index (χ4n) is 2.19. The number of amidine groups is 1. The van der Waals surface area contributed by atoms with E-state index < -0.39 is 0 Å². The Morgan fingerprint density at radius 3 is 2.59 bits per heavy atom. The summed E-state index contributed by atoms with van der Waals surface area (Å²) in [5.41, 5.74) is 5.79. The van der Waals surface area contributed by atoms with Crippen LogP contribution in [-0.4, -0.2) is 28.9 Å². The minimum absolute atomic E-state index is 0.0336. The van der Waals surface area contributed by atoms with Gasteiger partial charge in [0.25, 0.3) is 0 Å². The van der Waals surface area contributed by atoms with Crippen molar-refractivity contribution in [2.45, 2.75) is 26.2 Å². The lowest BCUT2D eigenvalue weighted by atomic mass is 9.94. The third-order valence-electron chi connectivity index (χ3n) is 3.43. The number of nitrogens with zero attached hydrogens (tertiary/aromatic N) is 3. The molecule has 2 heterocycles. The highest BCUT2D eigenvalue weighted by Crippen LogP contribution is 2.23. The fraction of sp³-hybridized carbons (Fsp3) is 0.583. The number of hydrogen-bond acceptors (Lipinski definition) is 4. The van der Waals surface area contributed by atoms with Gasteiger partial charge in [-0.2, -0.15) is 0 Å². The van der Waals surface area contributed by atoms with Crippen LogP contribution in [0.1, 0.15) is 31.9 Å². The van der Waals surface area contributed by atoms with Gasteiger partial charge in [-0.3, -0.25) is 5.41 Å². The van der Waals surface area contributed by atoms with Gasteiger partial charge in [0, 0.05) is 13.1 Å². The Labute approximate surface area is 102 Å². The van der Waals surface area contributed by atoms with Gasteiger partial charge < -0.3 is 10.6 Å². The highest BCUT2D eigenvalue weighted by Gasteiger charge is 2.18. The average molecular weight is 233 g/mol. The maximum absolute atomic E-state index is 7.26. The first-order valence-electron chi connectivity index (χ1n) is 6.12. The Kier molecular flexibility index (Phi) is 3.56. The molecule has 0 saturated carbocycles. The minimum atomic E-state index is -0.0336. The van der Waals surface area contributed by atoms with Crippen LogP contribution in [0.25, 0.3) is 0 Å². The van der Waals surface area contributed by atoms with Crippen molar-refractivity contribution < 1.29 is 0 Å². The molecule has 1 aliphatic rings. The number of nitrogen functional groups attached to an aromatic ring is 1. The van der Waals surface area contributed by atoms with E-state index in [9.17, 15) is 0 Å². The van der Waals surface area contributed by atoms with Crippen molar-refractivity contribution in [3.05, 3.63) is 18.1 Å². The molecule has 0 atom stereocenters. The molecule has 0 unspecified atom stereocenters. The van der Waals surface area contributed by atoms with Crippen LogP contribution in [0.2, 0.25) is 0 Å². The van der Waals surface area contributed by atoms with Crippen molar-refractivity contribution in [3.63, 3.8) is 0 Å². The monoisotopic (exact) mass is 233 g/mol. The van der Waals surface area contributed by atoms with Crippen LogP contribution in [0, 0.1) is 11.3 Å². The normalized spacial score (nSPS) is 17.1. The molecular weight excluding hydrogens is 214 g/mol. The molecule has 3 N–H and O–H groups in total. The lowest BCUT2D eigenvalue weighted by Gasteiger charge is -2.32. The van der Waals surface area contributed by atoms with Gasteiger partial charge in [-0.1, -0.05) is 13.3 Å². The molecule has 2 rings (SSSR count). The Morgan fingerprint density at radius 2 is 2.12 bits per heavy atom. The number of piperidine rings is 1. The van der Waals surface area contributed by atoms with Crippen molar-refractivity contribution in [1.82, 2.24) is 9.97 Å². The molecule has 92 valence electrons. The molecule has 0 amide bonds. The summed E-state index contributed by atoms with van der Waals surface area (Å²) in [5, 5.41) is 7.26. The highest BCUT2D eigenvalue weighted by molar-refractivity contribution is 5.92. The second kappa shape index (κ2) is 5.12. The van der Waals surface area contributed by atoms with Gasteiger partial charge in [-0.15, -0.1) is 0 Å². The van der Waals surface area contributed by atoms with E-state index in [2.05, 4.69) is 21.8 Å². The molecule has 1 aromatic rings. The van der Waals surface area contributed by atoms with Crippen molar-refractivity contribution in [2.24, 2.45) is 11.7 Å². The summed E-state index contributed by atoms with van der Waals surface area (Å²) in [5.74, 6) is 1.72. The number of nitrogens with one attached hydrogen (secondary N) is 1. The minimum Gasteiger partial charge on any atom is -0.382 e. The summed E-state index contributed by atoms with van der Waals surface area (Å²) >= 11 is 0. The standard InChI is InChI=1S/C12H19N5/c1-2-9-3-5-17(6-4-9)11-8-15-10(7-16-11)12(13)14/h7-9H,2-6H2,1H3,(H3,13,14). The third kappa shape index (κ3) is 2.72. The molecule has 1 aliphatic heterocycles. The summed E-state index contributed by atoms with van der Waals surface area (Å²) in [6.07, 6.45) is 7.01. The van der Waals surface area contributed by atoms with E-state index in [1.165, 1.54) is 19.3 Å². The maximum atomic E-state index is 7.26. The van der Waals surface area contributed by atoms with Crippen LogP contribution in [0.3, 0.4) is 0 Å². The predicted octanol–water partition coefficient (Wildman–Crippen LogP) is 1.39. The molecule has 0 bridgehead atoms. The molecule has 5 nitrogen and oxygen atoms in total. The van der Waals surface area contributed by atoms with Crippen LogP contribution in [0.5, 0.6) is 0 Å².